The second-order valence-electron chi connectivity index (χ2n) is 5.83. The Morgan fingerprint density at radius 2 is 2.22 bits per heavy atom. The minimum Gasteiger partial charge on any atom is -0.465 e. The molecule has 2 N–H and O–H groups in total. The molecule has 1 aliphatic rings. The maximum absolute atomic E-state index is 11.8. The van der Waals surface area contributed by atoms with Crippen molar-refractivity contribution in [3.63, 3.8) is 0 Å². The molecule has 0 spiro atoms. The summed E-state index contributed by atoms with van der Waals surface area (Å²) >= 11 is 0. The summed E-state index contributed by atoms with van der Waals surface area (Å²) in [5, 5.41) is 11.2. The molecule has 0 aromatic carbocycles. The number of ether oxygens (including phenoxy) is 1. The molecule has 0 radical (unpaired) electrons. The summed E-state index contributed by atoms with van der Waals surface area (Å²) in [7, 11) is 1.37. The highest BCUT2D eigenvalue weighted by Crippen LogP contribution is 2.28. The van der Waals surface area contributed by atoms with Gasteiger partial charge in [0.2, 0.25) is 0 Å². The van der Waals surface area contributed by atoms with Crippen LogP contribution in [0.5, 0.6) is 0 Å². The SMILES string of the molecule is COC(=O)c1ccncc1Nc1cnn([C@@H]2CNC[C@H]2C)c1C. The number of nitrogens with one attached hydrogen (secondary N) is 2. The van der Waals surface area contributed by atoms with Gasteiger partial charge in [0.15, 0.2) is 0 Å². The fraction of sp³-hybridized carbons (Fsp3) is 0.438. The van der Waals surface area contributed by atoms with Crippen LogP contribution in [0.2, 0.25) is 0 Å². The van der Waals surface area contributed by atoms with Crippen LogP contribution in [0.15, 0.2) is 24.7 Å². The van der Waals surface area contributed by atoms with E-state index in [0.29, 0.717) is 23.2 Å². The molecule has 0 aliphatic carbocycles. The Morgan fingerprint density at radius 1 is 1.39 bits per heavy atom. The van der Waals surface area contributed by atoms with E-state index in [1.807, 2.05) is 11.6 Å². The minimum atomic E-state index is -0.395. The van der Waals surface area contributed by atoms with Crippen molar-refractivity contribution >= 4 is 17.3 Å². The molecule has 2 aromatic rings. The van der Waals surface area contributed by atoms with Crippen LogP contribution < -0.4 is 10.6 Å². The Morgan fingerprint density at radius 3 is 2.91 bits per heavy atom. The van der Waals surface area contributed by atoms with Gasteiger partial charge in [0.05, 0.1) is 48.2 Å². The number of nitrogens with zero attached hydrogens (tertiary/aromatic N) is 3. The monoisotopic (exact) mass is 315 g/mol. The van der Waals surface area contributed by atoms with Gasteiger partial charge in [-0.1, -0.05) is 6.92 Å². The third-order valence-corrected chi connectivity index (χ3v) is 4.33. The lowest BCUT2D eigenvalue weighted by atomic mass is 10.1. The average molecular weight is 315 g/mol. The lowest BCUT2D eigenvalue weighted by molar-refractivity contribution is 0.0602. The summed E-state index contributed by atoms with van der Waals surface area (Å²) in [6.07, 6.45) is 4.97. The van der Waals surface area contributed by atoms with Gasteiger partial charge in [0, 0.05) is 12.7 Å². The van der Waals surface area contributed by atoms with Crippen LogP contribution in [-0.2, 0) is 4.74 Å². The van der Waals surface area contributed by atoms with E-state index in [4.69, 9.17) is 4.74 Å². The van der Waals surface area contributed by atoms with Crippen molar-refractivity contribution in [3.05, 3.63) is 35.9 Å². The lowest BCUT2D eigenvalue weighted by Gasteiger charge is -2.17. The molecule has 0 amide bonds. The maximum Gasteiger partial charge on any atom is 0.340 e. The second-order valence-corrected chi connectivity index (χ2v) is 5.83. The molecule has 7 nitrogen and oxygen atoms in total. The molecule has 0 bridgehead atoms. The Hall–Kier alpha value is -2.41. The number of esters is 1. The number of pyridine rings is 1. The number of hydrogen-bond acceptors (Lipinski definition) is 6. The van der Waals surface area contributed by atoms with Gasteiger partial charge in [-0.25, -0.2) is 4.79 Å². The van der Waals surface area contributed by atoms with Gasteiger partial charge in [0.25, 0.3) is 0 Å². The fourth-order valence-electron chi connectivity index (χ4n) is 2.93. The van der Waals surface area contributed by atoms with Gasteiger partial charge in [-0.3, -0.25) is 9.67 Å². The molecular weight excluding hydrogens is 294 g/mol. The van der Waals surface area contributed by atoms with Crippen molar-refractivity contribution < 1.29 is 9.53 Å². The normalized spacial score (nSPS) is 20.5. The van der Waals surface area contributed by atoms with Gasteiger partial charge in [-0.2, -0.15) is 5.10 Å². The molecule has 3 heterocycles. The van der Waals surface area contributed by atoms with E-state index in [1.165, 1.54) is 7.11 Å². The van der Waals surface area contributed by atoms with Gasteiger partial charge in [-0.15, -0.1) is 0 Å². The van der Waals surface area contributed by atoms with Gasteiger partial charge in [-0.05, 0) is 25.5 Å². The lowest BCUT2D eigenvalue weighted by Crippen LogP contribution is -2.18. The van der Waals surface area contributed by atoms with E-state index >= 15 is 0 Å². The Kier molecular flexibility index (Phi) is 4.29. The van der Waals surface area contributed by atoms with Crippen LogP contribution in [0.3, 0.4) is 0 Å². The van der Waals surface area contributed by atoms with Gasteiger partial charge >= 0.3 is 5.97 Å². The first kappa shape index (κ1) is 15.5. The van der Waals surface area contributed by atoms with Crippen LogP contribution in [0.25, 0.3) is 0 Å². The van der Waals surface area contributed by atoms with Crippen LogP contribution in [0.1, 0.15) is 29.0 Å². The third-order valence-electron chi connectivity index (χ3n) is 4.33. The first-order chi connectivity index (χ1) is 11.1. The number of methoxy groups -OCH3 is 1. The van der Waals surface area contributed by atoms with Crippen molar-refractivity contribution in [2.24, 2.45) is 5.92 Å². The highest BCUT2D eigenvalue weighted by Gasteiger charge is 2.27. The van der Waals surface area contributed by atoms with Crippen LogP contribution in [0.4, 0.5) is 11.4 Å². The maximum atomic E-state index is 11.8. The molecule has 2 aromatic heterocycles. The molecule has 0 saturated carbocycles. The number of carbonyl (C=O) groups is 1. The zero-order valence-corrected chi connectivity index (χ0v) is 13.5. The van der Waals surface area contributed by atoms with Crippen molar-refractivity contribution in [2.45, 2.75) is 19.9 Å². The highest BCUT2D eigenvalue weighted by molar-refractivity contribution is 5.96. The molecule has 3 rings (SSSR count). The first-order valence-corrected chi connectivity index (χ1v) is 7.66. The minimum absolute atomic E-state index is 0.347. The molecule has 7 heteroatoms. The number of rotatable bonds is 4. The molecule has 1 saturated heterocycles. The number of aromatic nitrogens is 3. The van der Waals surface area contributed by atoms with Crippen molar-refractivity contribution in [2.75, 3.05) is 25.5 Å². The molecule has 1 aliphatic heterocycles. The second kappa shape index (κ2) is 6.37. The molecule has 2 atom stereocenters. The van der Waals surface area contributed by atoms with Crippen molar-refractivity contribution in [3.8, 4) is 0 Å². The molecule has 122 valence electrons. The fourth-order valence-corrected chi connectivity index (χ4v) is 2.93. The van der Waals surface area contributed by atoms with E-state index in [-0.39, 0.29) is 0 Å². The number of carbonyl (C=O) groups excluding carboxylic acids is 1. The summed E-state index contributed by atoms with van der Waals surface area (Å²) in [6.45, 7) is 6.16. The van der Waals surface area contributed by atoms with Gasteiger partial charge < -0.3 is 15.4 Å². The van der Waals surface area contributed by atoms with E-state index in [9.17, 15) is 4.79 Å². The molecule has 0 unspecified atom stereocenters. The van der Waals surface area contributed by atoms with Crippen molar-refractivity contribution in [1.29, 1.82) is 0 Å². The predicted octanol–water partition coefficient (Wildman–Crippen LogP) is 1.90. The first-order valence-electron chi connectivity index (χ1n) is 7.66. The average Bonchev–Trinajstić information content (AvgIpc) is 3.13. The zero-order chi connectivity index (χ0) is 16.4. The van der Waals surface area contributed by atoms with E-state index in [1.54, 1.807) is 24.7 Å². The quantitative estimate of drug-likeness (QED) is 0.839. The summed E-state index contributed by atoms with van der Waals surface area (Å²) < 4.78 is 6.85. The molecule has 1 fully saturated rings. The van der Waals surface area contributed by atoms with Crippen LogP contribution in [0, 0.1) is 12.8 Å². The Bertz CT molecular complexity index is 712. The van der Waals surface area contributed by atoms with Crippen molar-refractivity contribution in [1.82, 2.24) is 20.1 Å². The Balaban J connectivity index is 1.87. The molecule has 23 heavy (non-hydrogen) atoms. The zero-order valence-electron chi connectivity index (χ0n) is 13.5. The largest absolute Gasteiger partial charge is 0.465 e. The summed E-state index contributed by atoms with van der Waals surface area (Å²) in [5.41, 5.74) is 2.96. The summed E-state index contributed by atoms with van der Waals surface area (Å²) in [6, 6.07) is 1.98. The molecular formula is C16H21N5O2. The summed E-state index contributed by atoms with van der Waals surface area (Å²) in [5.74, 6) is 0.138. The topological polar surface area (TPSA) is 81.1 Å². The van der Waals surface area contributed by atoms with E-state index in [2.05, 4.69) is 27.6 Å². The predicted molar refractivity (Wildman–Crippen MR) is 86.9 cm³/mol. The number of anilines is 2. The van der Waals surface area contributed by atoms with Crippen LogP contribution in [-0.4, -0.2) is 40.9 Å². The summed E-state index contributed by atoms with van der Waals surface area (Å²) in [4.78, 5) is 15.9. The highest BCUT2D eigenvalue weighted by atomic mass is 16.5. The smallest absolute Gasteiger partial charge is 0.340 e. The van der Waals surface area contributed by atoms with E-state index in [0.717, 1.165) is 24.5 Å². The Labute approximate surface area is 135 Å². The number of hydrogen-bond donors (Lipinski definition) is 2. The third kappa shape index (κ3) is 2.92. The van der Waals surface area contributed by atoms with Crippen LogP contribution >= 0.6 is 0 Å². The standard InChI is InChI=1S/C16H21N5O2/c1-10-6-18-9-15(10)21-11(2)13(8-19-21)20-14-7-17-5-4-12(14)16(22)23-3/h4-5,7-8,10,15,18,20H,6,9H2,1-3H3/t10-,15-/m1/s1. The van der Waals surface area contributed by atoms with Gasteiger partial charge in [0.1, 0.15) is 0 Å². The van der Waals surface area contributed by atoms with E-state index < -0.39 is 5.97 Å².